The van der Waals surface area contributed by atoms with E-state index < -0.39 is 41.2 Å². The highest BCUT2D eigenvalue weighted by Gasteiger charge is 2.70. The number of aromatic nitrogens is 1. The van der Waals surface area contributed by atoms with Crippen LogP contribution in [-0.4, -0.2) is 41.8 Å². The fraction of sp³-hybridized carbons (Fsp3) is 0.226. The van der Waals surface area contributed by atoms with Gasteiger partial charge in [0.25, 0.3) is 0 Å². The molecule has 1 aromatic heterocycles. The first-order valence-electron chi connectivity index (χ1n) is 13.2. The summed E-state index contributed by atoms with van der Waals surface area (Å²) in [5.74, 6) is -3.85. The van der Waals surface area contributed by atoms with Crippen LogP contribution in [0.3, 0.4) is 0 Å². The molecule has 0 bridgehead atoms. The number of anilines is 2. The van der Waals surface area contributed by atoms with Crippen LogP contribution in [-0.2, 0) is 31.1 Å². The van der Waals surface area contributed by atoms with Gasteiger partial charge in [0.2, 0.25) is 17.7 Å². The van der Waals surface area contributed by atoms with Crippen LogP contribution in [0.15, 0.2) is 72.9 Å². The summed E-state index contributed by atoms with van der Waals surface area (Å²) in [6.07, 6.45) is 2.32. The number of hydrogen-bond acceptors (Lipinski definition) is 6. The molecule has 2 fully saturated rings. The summed E-state index contributed by atoms with van der Waals surface area (Å²) >= 11 is 0. The van der Waals surface area contributed by atoms with Crippen molar-refractivity contribution < 1.29 is 23.9 Å². The number of aromatic amines is 1. The number of imide groups is 1. The quantitative estimate of drug-likeness (QED) is 0.273. The molecule has 4 heterocycles. The molecule has 3 aliphatic heterocycles. The maximum Gasteiger partial charge on any atom is 0.339 e. The smallest absolute Gasteiger partial charge is 0.339 e. The molecule has 0 unspecified atom stereocenters. The highest BCUT2D eigenvalue weighted by molar-refractivity contribution is 6.27. The van der Waals surface area contributed by atoms with Crippen molar-refractivity contribution in [2.45, 2.75) is 24.9 Å². The zero-order valence-electron chi connectivity index (χ0n) is 21.9. The lowest BCUT2D eigenvalue weighted by atomic mass is 9.76. The molecule has 0 aliphatic carbocycles. The van der Waals surface area contributed by atoms with E-state index in [9.17, 15) is 19.2 Å². The Labute approximate surface area is 229 Å². The molecule has 3 aliphatic rings. The molecule has 40 heavy (non-hydrogen) atoms. The monoisotopic (exact) mass is 534 g/mol. The zero-order chi connectivity index (χ0) is 27.8. The summed E-state index contributed by atoms with van der Waals surface area (Å²) in [6.45, 7) is 1.92. The third-order valence-corrected chi connectivity index (χ3v) is 8.54. The number of hydrogen-bond donors (Lipinski definition) is 3. The summed E-state index contributed by atoms with van der Waals surface area (Å²) in [6, 6.07) is 19.4. The average Bonchev–Trinajstić information content (AvgIpc) is 3.67. The number of rotatable bonds is 4. The number of nitrogens with zero attached hydrogens (tertiary/aromatic N) is 1. The Morgan fingerprint density at radius 1 is 1.00 bits per heavy atom. The van der Waals surface area contributed by atoms with Gasteiger partial charge in [0.15, 0.2) is 0 Å². The molecule has 4 atom stereocenters. The molecule has 0 radical (unpaired) electrons. The van der Waals surface area contributed by atoms with Crippen LogP contribution in [0, 0.1) is 18.8 Å². The highest BCUT2D eigenvalue weighted by atomic mass is 16.5. The summed E-state index contributed by atoms with van der Waals surface area (Å²) in [7, 11) is 1.25. The normalized spacial score (nSPS) is 25.0. The van der Waals surface area contributed by atoms with Crippen LogP contribution in [0.1, 0.15) is 27.0 Å². The minimum absolute atomic E-state index is 0.106. The van der Waals surface area contributed by atoms with Crippen LogP contribution in [0.25, 0.3) is 10.9 Å². The van der Waals surface area contributed by atoms with E-state index in [0.29, 0.717) is 17.7 Å². The van der Waals surface area contributed by atoms with Crippen molar-refractivity contribution in [1.82, 2.24) is 10.3 Å². The minimum atomic E-state index is -1.44. The minimum Gasteiger partial charge on any atom is -0.465 e. The summed E-state index contributed by atoms with van der Waals surface area (Å²) in [4.78, 5) is 59.4. The van der Waals surface area contributed by atoms with Crippen molar-refractivity contribution in [3.05, 3.63) is 95.2 Å². The maximum absolute atomic E-state index is 14.3. The third kappa shape index (κ3) is 3.18. The molecule has 3 N–H and O–H groups in total. The van der Waals surface area contributed by atoms with E-state index in [-0.39, 0.29) is 17.2 Å². The van der Waals surface area contributed by atoms with Crippen molar-refractivity contribution in [1.29, 1.82) is 0 Å². The fourth-order valence-electron chi connectivity index (χ4n) is 6.82. The van der Waals surface area contributed by atoms with Crippen molar-refractivity contribution in [2.24, 2.45) is 11.8 Å². The average molecular weight is 535 g/mol. The van der Waals surface area contributed by atoms with E-state index in [0.717, 1.165) is 26.9 Å². The van der Waals surface area contributed by atoms with Gasteiger partial charge in [-0.2, -0.15) is 0 Å². The second-order valence-corrected chi connectivity index (χ2v) is 10.6. The number of para-hydroxylation sites is 2. The van der Waals surface area contributed by atoms with Crippen LogP contribution < -0.4 is 15.5 Å². The maximum atomic E-state index is 14.3. The summed E-state index contributed by atoms with van der Waals surface area (Å²) < 4.78 is 4.93. The first-order valence-corrected chi connectivity index (χ1v) is 13.2. The molecule has 3 amide bonds. The third-order valence-electron chi connectivity index (χ3n) is 8.54. The fourth-order valence-corrected chi connectivity index (χ4v) is 6.82. The van der Waals surface area contributed by atoms with Gasteiger partial charge in [0.1, 0.15) is 5.54 Å². The van der Waals surface area contributed by atoms with Crippen molar-refractivity contribution >= 4 is 46.0 Å². The first kappa shape index (κ1) is 24.3. The molecule has 9 heteroatoms. The topological polar surface area (TPSA) is 121 Å². The zero-order valence-corrected chi connectivity index (χ0v) is 21.9. The lowest BCUT2D eigenvalue weighted by Crippen LogP contribution is -2.53. The molecule has 3 aromatic carbocycles. The van der Waals surface area contributed by atoms with Crippen molar-refractivity contribution in [3.8, 4) is 0 Å². The van der Waals surface area contributed by atoms with Crippen LogP contribution in [0.4, 0.5) is 11.4 Å². The van der Waals surface area contributed by atoms with Crippen LogP contribution in [0.5, 0.6) is 0 Å². The number of fused-ring (bicyclic) bond motifs is 5. The second-order valence-electron chi connectivity index (χ2n) is 10.6. The van der Waals surface area contributed by atoms with Crippen molar-refractivity contribution in [2.75, 3.05) is 17.3 Å². The van der Waals surface area contributed by atoms with Gasteiger partial charge in [0, 0.05) is 34.4 Å². The number of ether oxygens (including phenoxy) is 1. The Balaban J connectivity index is 1.40. The number of esters is 1. The van der Waals surface area contributed by atoms with Gasteiger partial charge in [-0.1, -0.05) is 48.0 Å². The number of carbonyl (C=O) groups excluding carboxylic acids is 4. The Hall–Kier alpha value is -4.76. The van der Waals surface area contributed by atoms with Gasteiger partial charge in [0.05, 0.1) is 30.2 Å². The molecule has 200 valence electrons. The molecule has 1 spiro atoms. The van der Waals surface area contributed by atoms with Gasteiger partial charge in [-0.05, 0) is 43.2 Å². The number of carbonyl (C=O) groups is 4. The lowest BCUT2D eigenvalue weighted by Gasteiger charge is -2.30. The Kier molecular flexibility index (Phi) is 5.24. The Morgan fingerprint density at radius 3 is 2.60 bits per heavy atom. The van der Waals surface area contributed by atoms with Crippen molar-refractivity contribution in [3.63, 3.8) is 0 Å². The van der Waals surface area contributed by atoms with E-state index in [2.05, 4.69) is 15.6 Å². The van der Waals surface area contributed by atoms with Gasteiger partial charge < -0.3 is 15.0 Å². The SMILES string of the molecule is COC(=O)c1ccccc1N1C(=O)[C@H]2[C@@H](C1=O)[C@]1(N[C@@H]2Cc2c[nH]c3ccccc23)C(=O)Nc2ccc(C)cc21. The van der Waals surface area contributed by atoms with Crippen LogP contribution >= 0.6 is 0 Å². The highest BCUT2D eigenvalue weighted by Crippen LogP contribution is 2.54. The lowest BCUT2D eigenvalue weighted by molar-refractivity contribution is -0.130. The molecule has 2 saturated heterocycles. The summed E-state index contributed by atoms with van der Waals surface area (Å²) in [5.41, 5.74) is 2.95. The Morgan fingerprint density at radius 2 is 1.77 bits per heavy atom. The molecule has 7 rings (SSSR count). The van der Waals surface area contributed by atoms with E-state index in [4.69, 9.17) is 4.74 Å². The second kappa shape index (κ2) is 8.62. The largest absolute Gasteiger partial charge is 0.465 e. The van der Waals surface area contributed by atoms with Gasteiger partial charge in [-0.15, -0.1) is 0 Å². The van der Waals surface area contributed by atoms with E-state index in [1.807, 2.05) is 55.6 Å². The number of methoxy groups -OCH3 is 1. The van der Waals surface area contributed by atoms with E-state index >= 15 is 0 Å². The van der Waals surface area contributed by atoms with Gasteiger partial charge in [-0.25, -0.2) is 9.69 Å². The molecular formula is C31H26N4O5. The van der Waals surface area contributed by atoms with E-state index in [1.54, 1.807) is 18.2 Å². The molecule has 9 nitrogen and oxygen atoms in total. The molecule has 0 saturated carbocycles. The number of nitrogens with one attached hydrogen (secondary N) is 3. The van der Waals surface area contributed by atoms with Crippen LogP contribution in [0.2, 0.25) is 0 Å². The predicted octanol–water partition coefficient (Wildman–Crippen LogP) is 3.43. The number of benzene rings is 3. The van der Waals surface area contributed by atoms with Gasteiger partial charge >= 0.3 is 5.97 Å². The summed E-state index contributed by atoms with van der Waals surface area (Å²) in [5, 5.41) is 7.46. The Bertz CT molecular complexity index is 1760. The molecular weight excluding hydrogens is 508 g/mol. The van der Waals surface area contributed by atoms with Gasteiger partial charge in [-0.3, -0.25) is 19.7 Å². The predicted molar refractivity (Wildman–Crippen MR) is 148 cm³/mol. The van der Waals surface area contributed by atoms with E-state index in [1.165, 1.54) is 13.2 Å². The number of amides is 3. The molecule has 4 aromatic rings. The standard InChI is InChI=1S/C31H26N4O5/c1-16-11-12-22-20(13-16)31(30(39)33-22)26-25(23(34-31)14-17-15-32-21-9-5-3-7-18(17)21)27(36)35(28(26)37)24-10-6-4-8-19(24)29(38)40-2/h3-13,15,23,25-26,32,34H,14H2,1-2H3,(H,33,39)/t23-,25-,26+,31+/m1/s1. The number of H-pyrrole nitrogens is 1. The first-order chi connectivity index (χ1) is 19.3. The number of aryl methyl sites for hydroxylation is 1.